The van der Waals surface area contributed by atoms with E-state index in [9.17, 15) is 4.79 Å². The van der Waals surface area contributed by atoms with Gasteiger partial charge in [0.2, 0.25) is 5.91 Å². The molecule has 1 rings (SSSR count). The van der Waals surface area contributed by atoms with Crippen LogP contribution in [0.25, 0.3) is 0 Å². The van der Waals surface area contributed by atoms with E-state index in [4.69, 9.17) is 10.5 Å². The molecule has 0 aliphatic rings. The number of carbonyl (C=O) groups is 1. The second-order valence-corrected chi connectivity index (χ2v) is 6.07. The van der Waals surface area contributed by atoms with Crippen molar-refractivity contribution in [3.8, 4) is 5.75 Å². The van der Waals surface area contributed by atoms with Crippen LogP contribution in [-0.4, -0.2) is 19.6 Å². The van der Waals surface area contributed by atoms with Gasteiger partial charge in [-0.3, -0.25) is 4.79 Å². The number of anilines is 1. The molecule has 0 radical (unpaired) electrons. The van der Waals surface area contributed by atoms with Gasteiger partial charge in [0, 0.05) is 17.7 Å². The Bertz CT molecular complexity index is 484. The van der Waals surface area contributed by atoms with Gasteiger partial charge in [-0.2, -0.15) is 0 Å². The SMILES string of the molecule is COc1c(C)ccc(NC(=O)C[C@@H](CN)CC(C)C)c1C. The quantitative estimate of drug-likeness (QED) is 0.810. The number of rotatable bonds is 7. The Balaban J connectivity index is 2.75. The molecule has 1 amide bonds. The first-order valence-corrected chi connectivity index (χ1v) is 7.53. The fraction of sp³-hybridized carbons (Fsp3) is 0.588. The molecule has 0 saturated heterocycles. The molecule has 0 saturated carbocycles. The Labute approximate surface area is 128 Å². The van der Waals surface area contributed by atoms with E-state index in [-0.39, 0.29) is 11.8 Å². The molecule has 1 aromatic rings. The van der Waals surface area contributed by atoms with Crippen molar-refractivity contribution in [3.05, 3.63) is 23.3 Å². The number of carbonyl (C=O) groups excluding carboxylic acids is 1. The fourth-order valence-corrected chi connectivity index (χ4v) is 2.67. The standard InChI is InChI=1S/C17H28N2O2/c1-11(2)8-14(10-18)9-16(20)19-15-7-6-12(3)17(21-5)13(15)4/h6-7,11,14H,8-10,18H2,1-5H3,(H,19,20)/t14-/m0/s1. The summed E-state index contributed by atoms with van der Waals surface area (Å²) in [6.07, 6.45) is 1.43. The van der Waals surface area contributed by atoms with Crippen molar-refractivity contribution in [2.75, 3.05) is 19.0 Å². The first-order valence-electron chi connectivity index (χ1n) is 7.53. The van der Waals surface area contributed by atoms with E-state index < -0.39 is 0 Å². The number of benzene rings is 1. The van der Waals surface area contributed by atoms with Crippen LogP contribution in [0, 0.1) is 25.7 Å². The molecule has 0 spiro atoms. The van der Waals surface area contributed by atoms with Crippen LogP contribution in [0.5, 0.6) is 5.75 Å². The summed E-state index contributed by atoms with van der Waals surface area (Å²) in [4.78, 5) is 12.2. The van der Waals surface area contributed by atoms with Crippen LogP contribution in [0.3, 0.4) is 0 Å². The average molecular weight is 292 g/mol. The molecule has 0 fully saturated rings. The van der Waals surface area contributed by atoms with Gasteiger partial charge in [0.1, 0.15) is 5.75 Å². The van der Waals surface area contributed by atoms with Crippen LogP contribution in [0.1, 0.15) is 37.8 Å². The van der Waals surface area contributed by atoms with Crippen LogP contribution < -0.4 is 15.8 Å². The Morgan fingerprint density at radius 3 is 2.52 bits per heavy atom. The summed E-state index contributed by atoms with van der Waals surface area (Å²) in [6, 6.07) is 3.88. The van der Waals surface area contributed by atoms with E-state index in [1.54, 1.807) is 7.11 Å². The molecule has 3 N–H and O–H groups in total. The van der Waals surface area contributed by atoms with E-state index in [0.29, 0.717) is 18.9 Å². The van der Waals surface area contributed by atoms with E-state index in [1.807, 2.05) is 26.0 Å². The molecule has 4 heteroatoms. The van der Waals surface area contributed by atoms with Gasteiger partial charge in [-0.1, -0.05) is 19.9 Å². The number of hydrogen-bond donors (Lipinski definition) is 2. The summed E-state index contributed by atoms with van der Waals surface area (Å²) in [6.45, 7) is 8.79. The molecule has 1 aromatic carbocycles. The Morgan fingerprint density at radius 2 is 2.00 bits per heavy atom. The molecular formula is C17H28N2O2. The van der Waals surface area contributed by atoms with Crippen LogP contribution >= 0.6 is 0 Å². The molecule has 0 aromatic heterocycles. The molecular weight excluding hydrogens is 264 g/mol. The minimum Gasteiger partial charge on any atom is -0.496 e. The molecule has 118 valence electrons. The Kier molecular flexibility index (Phi) is 6.69. The molecule has 0 aliphatic heterocycles. The third-order valence-electron chi connectivity index (χ3n) is 3.69. The molecule has 0 aliphatic carbocycles. The van der Waals surface area contributed by atoms with Crippen molar-refractivity contribution < 1.29 is 9.53 Å². The molecule has 4 nitrogen and oxygen atoms in total. The van der Waals surface area contributed by atoms with E-state index in [1.165, 1.54) is 0 Å². The van der Waals surface area contributed by atoms with Crippen molar-refractivity contribution in [3.63, 3.8) is 0 Å². The van der Waals surface area contributed by atoms with Gasteiger partial charge in [0.25, 0.3) is 0 Å². The van der Waals surface area contributed by atoms with Gasteiger partial charge in [-0.05, 0) is 50.3 Å². The zero-order valence-corrected chi connectivity index (χ0v) is 13.8. The zero-order chi connectivity index (χ0) is 16.0. The predicted octanol–water partition coefficient (Wildman–Crippen LogP) is 3.26. The largest absolute Gasteiger partial charge is 0.496 e. The van der Waals surface area contributed by atoms with Gasteiger partial charge >= 0.3 is 0 Å². The lowest BCUT2D eigenvalue weighted by Gasteiger charge is -2.18. The zero-order valence-electron chi connectivity index (χ0n) is 13.8. The van der Waals surface area contributed by atoms with Crippen LogP contribution in [0.4, 0.5) is 5.69 Å². The van der Waals surface area contributed by atoms with E-state index in [0.717, 1.165) is 29.0 Å². The lowest BCUT2D eigenvalue weighted by molar-refractivity contribution is -0.117. The highest BCUT2D eigenvalue weighted by Crippen LogP contribution is 2.29. The summed E-state index contributed by atoms with van der Waals surface area (Å²) in [5, 5.41) is 2.98. The second-order valence-electron chi connectivity index (χ2n) is 6.07. The summed E-state index contributed by atoms with van der Waals surface area (Å²) in [5.41, 5.74) is 8.59. The van der Waals surface area contributed by atoms with Crippen molar-refractivity contribution >= 4 is 11.6 Å². The smallest absolute Gasteiger partial charge is 0.224 e. The first-order chi connectivity index (χ1) is 9.88. The Morgan fingerprint density at radius 1 is 1.33 bits per heavy atom. The summed E-state index contributed by atoms with van der Waals surface area (Å²) >= 11 is 0. The molecule has 21 heavy (non-hydrogen) atoms. The fourth-order valence-electron chi connectivity index (χ4n) is 2.67. The predicted molar refractivity (Wildman–Crippen MR) is 87.7 cm³/mol. The minimum absolute atomic E-state index is 0.0140. The van der Waals surface area contributed by atoms with Gasteiger partial charge in [-0.15, -0.1) is 0 Å². The number of nitrogens with one attached hydrogen (secondary N) is 1. The first kappa shape index (κ1) is 17.5. The Hall–Kier alpha value is -1.55. The molecule has 0 bridgehead atoms. The summed E-state index contributed by atoms with van der Waals surface area (Å²) in [7, 11) is 1.65. The normalized spacial score (nSPS) is 12.3. The van der Waals surface area contributed by atoms with Gasteiger partial charge in [0.15, 0.2) is 0 Å². The van der Waals surface area contributed by atoms with Crippen LogP contribution in [-0.2, 0) is 4.79 Å². The van der Waals surface area contributed by atoms with Crippen LogP contribution in [0.2, 0.25) is 0 Å². The highest BCUT2D eigenvalue weighted by molar-refractivity contribution is 5.92. The maximum absolute atomic E-state index is 12.2. The molecule has 0 unspecified atom stereocenters. The monoisotopic (exact) mass is 292 g/mol. The minimum atomic E-state index is 0.0140. The second kappa shape index (κ2) is 8.03. The van der Waals surface area contributed by atoms with E-state index >= 15 is 0 Å². The lowest BCUT2D eigenvalue weighted by atomic mass is 9.94. The third kappa shape index (κ3) is 5.05. The van der Waals surface area contributed by atoms with Crippen molar-refractivity contribution in [1.82, 2.24) is 0 Å². The van der Waals surface area contributed by atoms with Crippen molar-refractivity contribution in [2.45, 2.75) is 40.5 Å². The number of aryl methyl sites for hydroxylation is 1. The highest BCUT2D eigenvalue weighted by atomic mass is 16.5. The van der Waals surface area contributed by atoms with Gasteiger partial charge in [0.05, 0.1) is 7.11 Å². The summed E-state index contributed by atoms with van der Waals surface area (Å²) < 4.78 is 5.38. The maximum Gasteiger partial charge on any atom is 0.224 e. The maximum atomic E-state index is 12.2. The van der Waals surface area contributed by atoms with Crippen molar-refractivity contribution in [2.24, 2.45) is 17.6 Å². The number of methoxy groups -OCH3 is 1. The third-order valence-corrected chi connectivity index (χ3v) is 3.69. The molecule has 1 atom stereocenters. The highest BCUT2D eigenvalue weighted by Gasteiger charge is 2.16. The summed E-state index contributed by atoms with van der Waals surface area (Å²) in [5.74, 6) is 1.62. The topological polar surface area (TPSA) is 64.3 Å². The average Bonchev–Trinajstić information content (AvgIpc) is 2.41. The number of nitrogens with two attached hydrogens (primary N) is 1. The van der Waals surface area contributed by atoms with Gasteiger partial charge < -0.3 is 15.8 Å². The van der Waals surface area contributed by atoms with E-state index in [2.05, 4.69) is 19.2 Å². The number of amides is 1. The number of hydrogen-bond acceptors (Lipinski definition) is 3. The number of ether oxygens (including phenoxy) is 1. The van der Waals surface area contributed by atoms with Gasteiger partial charge in [-0.25, -0.2) is 0 Å². The van der Waals surface area contributed by atoms with Crippen LogP contribution in [0.15, 0.2) is 12.1 Å². The lowest BCUT2D eigenvalue weighted by Crippen LogP contribution is -2.23. The van der Waals surface area contributed by atoms with Crippen molar-refractivity contribution in [1.29, 1.82) is 0 Å². The molecule has 0 heterocycles.